The molecule has 0 rings (SSSR count). The van der Waals surface area contributed by atoms with Gasteiger partial charge in [0.15, 0.2) is 0 Å². The van der Waals surface area contributed by atoms with Crippen molar-refractivity contribution in [2.75, 3.05) is 46.2 Å². The van der Waals surface area contributed by atoms with E-state index in [0.717, 1.165) is 81.6 Å². The molecule has 0 bridgehead atoms. The van der Waals surface area contributed by atoms with Crippen molar-refractivity contribution in [2.45, 2.75) is 113 Å². The Hall–Kier alpha value is 0.689. The van der Waals surface area contributed by atoms with Crippen LogP contribution in [0.4, 0.5) is 0 Å². The fourth-order valence-corrected chi connectivity index (χ4v) is 0.722. The summed E-state index contributed by atoms with van der Waals surface area (Å²) in [5.74, 6) is 0. The van der Waals surface area contributed by atoms with E-state index in [9.17, 15) is 25.5 Å². The van der Waals surface area contributed by atoms with Gasteiger partial charge in [0.2, 0.25) is 0 Å². The second-order valence-electron chi connectivity index (χ2n) is 5.87. The zero-order chi connectivity index (χ0) is 28.0. The molecule has 0 aromatic carbocycles. The molecular weight excluding hydrogens is 518 g/mol. The zero-order valence-corrected chi connectivity index (χ0v) is 26.0. The second-order valence-corrected chi connectivity index (χ2v) is 5.87. The molecule has 0 saturated carbocycles. The Morgan fingerprint density at radius 3 is 0.471 bits per heavy atom. The number of hydrogen-bond acceptors (Lipinski definition) is 8. The summed E-state index contributed by atoms with van der Waals surface area (Å²) in [5, 5.41) is 65.5. The third-order valence-electron chi connectivity index (χ3n) is 2.49. The topological polar surface area (TPSA) is 178 Å². The van der Waals surface area contributed by atoms with Crippen LogP contribution in [0.2, 0.25) is 0 Å². The average Bonchev–Trinajstić information content (AvgIpc) is 2.81. The predicted octanol–water partition coefficient (Wildman–Crippen LogP) is -0.657. The molecule has 0 fully saturated rings. The zero-order valence-electron chi connectivity index (χ0n) is 23.2. The van der Waals surface area contributed by atoms with Gasteiger partial charge in [0.1, 0.15) is 0 Å². The number of hydrogen-bond donors (Lipinski definition) is 0. The van der Waals surface area contributed by atoms with E-state index in [0.29, 0.717) is 0 Å². The summed E-state index contributed by atoms with van der Waals surface area (Å²) in [6, 6.07) is 0. The van der Waals surface area contributed by atoms with E-state index in [-0.39, 0.29) is 64.8 Å². The Balaban J connectivity index is -0.0000000304. The van der Waals surface area contributed by atoms with Gasteiger partial charge < -0.3 is 35.7 Å². The van der Waals surface area contributed by atoms with Crippen LogP contribution in [0.15, 0.2) is 0 Å². The van der Waals surface area contributed by atoms with Crippen molar-refractivity contribution in [3.05, 3.63) is 0 Å². The van der Waals surface area contributed by atoms with E-state index in [1.54, 1.807) is 13.8 Å². The summed E-state index contributed by atoms with van der Waals surface area (Å²) in [6.45, 7) is 13.7. The van der Waals surface area contributed by atoms with E-state index in [2.05, 4.69) is 0 Å². The Kier molecular flexibility index (Phi) is 202. The van der Waals surface area contributed by atoms with Crippen LogP contribution in [0, 0.1) is 0 Å². The molecule has 0 amide bonds. The summed E-state index contributed by atoms with van der Waals surface area (Å²) in [7, 11) is 0. The van der Waals surface area contributed by atoms with Gasteiger partial charge in [-0.2, -0.15) is 0 Å². The van der Waals surface area contributed by atoms with Crippen LogP contribution in [0.3, 0.4) is 0 Å². The Morgan fingerprint density at radius 1 is 0.382 bits per heavy atom. The van der Waals surface area contributed by atoms with E-state index >= 15 is 0 Å². The van der Waals surface area contributed by atoms with Gasteiger partial charge in [-0.25, -0.2) is 0 Å². The second kappa shape index (κ2) is 115. The molecule has 214 valence electrons. The Morgan fingerprint density at radius 2 is 0.471 bits per heavy atom. The van der Waals surface area contributed by atoms with Crippen molar-refractivity contribution < 1.29 is 75.3 Å². The summed E-state index contributed by atoms with van der Waals surface area (Å²) >= 11 is 1.06. The molecule has 0 aliphatic carbocycles. The largest absolute Gasteiger partial charge is 0 e. The van der Waals surface area contributed by atoms with E-state index < -0.39 is 0 Å². The molecule has 1 radical (unpaired) electrons. The van der Waals surface area contributed by atoms with Crippen LogP contribution in [-0.4, -0.2) is 46.2 Å². The molecule has 0 aliphatic heterocycles. The first-order chi connectivity index (χ1) is 15.9. The molecule has 0 aliphatic rings. The van der Waals surface area contributed by atoms with Gasteiger partial charge in [-0.15, -0.1) is 46.2 Å². The molecular formula is C24H55O8V2-5. The Labute approximate surface area is 233 Å². The van der Waals surface area contributed by atoms with Gasteiger partial charge in [-0.1, -0.05) is 113 Å². The molecule has 0 atom stereocenters. The first-order valence-corrected chi connectivity index (χ1v) is 12.7. The maximum absolute atomic E-state index is 9.53. The van der Waals surface area contributed by atoms with Crippen molar-refractivity contribution in [3.63, 3.8) is 0 Å². The fraction of sp³-hybridized carbons (Fsp3) is 1.00. The fourth-order valence-electron chi connectivity index (χ4n) is 0.722. The normalized spacial score (nSPS) is 7.41. The van der Waals surface area contributed by atoms with Crippen molar-refractivity contribution in [1.29, 1.82) is 0 Å². The average molecular weight is 574 g/mol. The van der Waals surface area contributed by atoms with Crippen LogP contribution >= 0.6 is 0 Å². The maximum atomic E-state index is 9.53. The van der Waals surface area contributed by atoms with Crippen LogP contribution in [0.25, 0.3) is 0 Å². The molecule has 0 aromatic rings. The summed E-state index contributed by atoms with van der Waals surface area (Å²) in [5.41, 5.74) is 0. The van der Waals surface area contributed by atoms with Gasteiger partial charge in [0.05, 0.1) is 0 Å². The molecule has 0 N–H and O–H groups in total. The molecule has 0 aromatic heterocycles. The quantitative estimate of drug-likeness (QED) is 0.331. The van der Waals surface area contributed by atoms with Gasteiger partial charge in [-0.3, -0.25) is 0 Å². The van der Waals surface area contributed by atoms with Crippen molar-refractivity contribution in [3.8, 4) is 0 Å². The molecule has 8 nitrogen and oxygen atoms in total. The molecule has 34 heavy (non-hydrogen) atoms. The molecule has 10 heteroatoms. The maximum Gasteiger partial charge on any atom is 0 e. The molecule has 0 saturated heterocycles. The third-order valence-corrected chi connectivity index (χ3v) is 2.49. The monoisotopic (exact) mass is 573 g/mol. The van der Waals surface area contributed by atoms with Crippen molar-refractivity contribution >= 4 is 0 Å². The van der Waals surface area contributed by atoms with Gasteiger partial charge >= 0.3 is 21.0 Å². The SMILES string of the molecule is CCCC[O-].CCCC[O-].CCCC[O-].CCCC[O-].CCCC[O-].CC[O-].CC[O-].[O]=[V+2].[V]. The minimum atomic E-state index is 0. The van der Waals surface area contributed by atoms with Crippen molar-refractivity contribution in [1.82, 2.24) is 0 Å². The number of rotatable bonds is 10. The minimum absolute atomic E-state index is 0. The smallest absolute Gasteiger partial charge is 0 e. The van der Waals surface area contributed by atoms with Gasteiger partial charge in [0.25, 0.3) is 0 Å². The predicted molar refractivity (Wildman–Crippen MR) is 121 cm³/mol. The minimum Gasteiger partial charge on any atom is 0 e. The third kappa shape index (κ3) is 287. The summed E-state index contributed by atoms with van der Waals surface area (Å²) < 4.78 is 8.19. The van der Waals surface area contributed by atoms with Crippen LogP contribution < -0.4 is 35.7 Å². The number of unbranched alkanes of at least 4 members (excludes halogenated alkanes) is 5. The molecule has 0 unspecified atom stereocenters. The van der Waals surface area contributed by atoms with E-state index in [4.69, 9.17) is 13.9 Å². The molecule has 0 heterocycles. The van der Waals surface area contributed by atoms with Gasteiger partial charge in [-0.05, 0) is 0 Å². The summed E-state index contributed by atoms with van der Waals surface area (Å²) in [4.78, 5) is 0. The van der Waals surface area contributed by atoms with Gasteiger partial charge in [0, 0.05) is 18.6 Å². The molecule has 0 spiro atoms. The van der Waals surface area contributed by atoms with E-state index in [1.165, 1.54) is 0 Å². The van der Waals surface area contributed by atoms with Crippen LogP contribution in [0.5, 0.6) is 0 Å². The first kappa shape index (κ1) is 59.7. The Bertz CT molecular complexity index is 140. The van der Waals surface area contributed by atoms with Crippen molar-refractivity contribution in [2.24, 2.45) is 0 Å². The van der Waals surface area contributed by atoms with E-state index in [1.807, 2.05) is 34.6 Å². The van der Waals surface area contributed by atoms with Crippen LogP contribution in [-0.2, 0) is 39.6 Å². The summed E-state index contributed by atoms with van der Waals surface area (Å²) in [6.07, 6.45) is 9.32. The van der Waals surface area contributed by atoms with Crippen LogP contribution in [0.1, 0.15) is 113 Å². The standard InChI is InChI=1S/5C4H9O.2C2H5O.O.2V/c5*1-2-3-4-5;2*1-2-3;;;/h5*2-4H2,1H3;2*2H2,1H3;;;/q7*-1;;;+2. The first-order valence-electron chi connectivity index (χ1n) is 12.2.